The van der Waals surface area contributed by atoms with E-state index in [2.05, 4.69) is 81.4 Å². The van der Waals surface area contributed by atoms with Gasteiger partial charge in [-0.25, -0.2) is 9.59 Å². The topological polar surface area (TPSA) is 119 Å². The van der Waals surface area contributed by atoms with Crippen LogP contribution in [0.3, 0.4) is 0 Å². The molecule has 3 fully saturated rings. The molecule has 0 unspecified atom stereocenters. The van der Waals surface area contributed by atoms with E-state index in [1.807, 2.05) is 26.0 Å². The van der Waals surface area contributed by atoms with Crippen LogP contribution in [-0.4, -0.2) is 23.8 Å². The maximum absolute atomic E-state index is 13.8. The number of hydrogen-bond donors (Lipinski definition) is 1. The summed E-state index contributed by atoms with van der Waals surface area (Å²) in [5.74, 6) is 4.15. The number of unbranched alkanes of at least 4 members (excludes halogenated alkanes) is 2. The molecular formula is C59H73N3O6. The summed E-state index contributed by atoms with van der Waals surface area (Å²) in [6.07, 6.45) is 21.2. The number of fused-ring (bicyclic) bond motifs is 2. The van der Waals surface area contributed by atoms with Gasteiger partial charge in [0.1, 0.15) is 22.7 Å². The highest BCUT2D eigenvalue weighted by molar-refractivity contribution is 6.30. The third-order valence-electron chi connectivity index (χ3n) is 16.1. The monoisotopic (exact) mass is 920 g/mol. The Hall–Kier alpha value is -5.70. The summed E-state index contributed by atoms with van der Waals surface area (Å²) in [6, 6.07) is 25.5. The Kier molecular flexibility index (Phi) is 15.3. The van der Waals surface area contributed by atoms with Crippen LogP contribution in [0.5, 0.6) is 0 Å². The molecule has 0 atom stereocenters. The van der Waals surface area contributed by atoms with Crippen LogP contribution < -0.4 is 15.5 Å². The van der Waals surface area contributed by atoms with E-state index in [0.717, 1.165) is 52.1 Å². The zero-order valence-corrected chi connectivity index (χ0v) is 41.6. The highest BCUT2D eigenvalue weighted by Gasteiger charge is 2.47. The third kappa shape index (κ3) is 10.3. The first-order valence-electron chi connectivity index (χ1n) is 25.8. The van der Waals surface area contributed by atoms with Gasteiger partial charge in [0.2, 0.25) is 0 Å². The van der Waals surface area contributed by atoms with Gasteiger partial charge in [-0.3, -0.25) is 19.4 Å². The highest BCUT2D eigenvalue weighted by atomic mass is 16.6. The second-order valence-corrected chi connectivity index (χ2v) is 20.8. The Bertz CT molecular complexity index is 2450. The summed E-state index contributed by atoms with van der Waals surface area (Å²) in [6.45, 7) is 13.9. The fraction of sp³-hybridized carbons (Fsp3) is 0.492. The van der Waals surface area contributed by atoms with Gasteiger partial charge in [-0.05, 0) is 168 Å². The zero-order chi connectivity index (χ0) is 48.2. The molecular weight excluding hydrogens is 847 g/mol. The number of esters is 2. The Morgan fingerprint density at radius 3 is 1.21 bits per heavy atom. The molecule has 0 aromatic heterocycles. The molecule has 360 valence electrons. The average molecular weight is 920 g/mol. The van der Waals surface area contributed by atoms with Crippen molar-refractivity contribution in [2.45, 2.75) is 169 Å². The van der Waals surface area contributed by atoms with Crippen molar-refractivity contribution in [1.82, 2.24) is 0 Å². The first-order valence-corrected chi connectivity index (χ1v) is 25.8. The SMILES string of the molecule is CC1=C2C(=O)OC(C)=C2C(=O)O1.CC1CCC(c2ccc(N)cc2)CC1.CCCCCC1CCC(c2ccc(N3C(=O)C4=C(C)N(c5ccc(C6CCC(C)CC6)cc5)C(=O)C4=C3C)cc2)CC1. The molecule has 4 aliphatic heterocycles. The first kappa shape index (κ1) is 48.7. The van der Waals surface area contributed by atoms with Crippen molar-refractivity contribution in [3.8, 4) is 0 Å². The van der Waals surface area contributed by atoms with E-state index in [4.69, 9.17) is 15.2 Å². The largest absolute Gasteiger partial charge is 0.427 e. The van der Waals surface area contributed by atoms with Crippen LogP contribution >= 0.6 is 0 Å². The van der Waals surface area contributed by atoms with Gasteiger partial charge >= 0.3 is 11.9 Å². The number of allylic oxidation sites excluding steroid dienone is 4. The van der Waals surface area contributed by atoms with Gasteiger partial charge < -0.3 is 15.2 Å². The molecule has 68 heavy (non-hydrogen) atoms. The van der Waals surface area contributed by atoms with E-state index in [1.165, 1.54) is 119 Å². The van der Waals surface area contributed by atoms with Gasteiger partial charge in [-0.1, -0.05) is 109 Å². The van der Waals surface area contributed by atoms with Crippen molar-refractivity contribution in [2.75, 3.05) is 15.5 Å². The number of nitrogen functional groups attached to an aromatic ring is 1. The Morgan fingerprint density at radius 1 is 0.485 bits per heavy atom. The number of amides is 2. The standard InChI is InChI=1S/C38H48N2O2.C13H19N.C8H6O4/c1-5-6-7-8-28-11-15-30(16-12-28)32-19-23-34(24-20-32)40-27(4)36-35(38(40)42)26(3)39(37(36)41)33-21-17-31(18-22-33)29-13-9-25(2)10-14-29;1-10-2-4-11(5-3-10)12-6-8-13(14)9-7-12;1-3-5-6(8(10)11-3)4(2)12-7(5)9/h17-25,28-30H,5-16H2,1-4H3;6-11H,2-5,14H2,1H3;1-2H3. The molecule has 0 spiro atoms. The molecule has 9 nitrogen and oxygen atoms in total. The lowest BCUT2D eigenvalue weighted by Crippen LogP contribution is -2.29. The number of nitrogens with two attached hydrogens (primary N) is 1. The van der Waals surface area contributed by atoms with Crippen LogP contribution in [0.2, 0.25) is 0 Å². The van der Waals surface area contributed by atoms with Gasteiger partial charge in [-0.2, -0.15) is 0 Å². The van der Waals surface area contributed by atoms with Crippen LogP contribution in [-0.2, 0) is 28.7 Å². The van der Waals surface area contributed by atoms with E-state index in [-0.39, 0.29) is 23.0 Å². The van der Waals surface area contributed by atoms with E-state index in [0.29, 0.717) is 34.5 Å². The second kappa shape index (κ2) is 21.3. The molecule has 2 amide bonds. The first-order chi connectivity index (χ1) is 32.7. The molecule has 7 aliphatic rings. The van der Waals surface area contributed by atoms with Crippen molar-refractivity contribution in [3.05, 3.63) is 135 Å². The molecule has 0 saturated heterocycles. The summed E-state index contributed by atoms with van der Waals surface area (Å²) >= 11 is 0. The van der Waals surface area contributed by atoms with Gasteiger partial charge in [-0.15, -0.1) is 0 Å². The lowest BCUT2D eigenvalue weighted by atomic mass is 9.77. The third-order valence-corrected chi connectivity index (χ3v) is 16.1. The minimum atomic E-state index is -0.495. The van der Waals surface area contributed by atoms with Crippen molar-refractivity contribution in [3.63, 3.8) is 0 Å². The minimum absolute atomic E-state index is 0.0934. The molecule has 3 aliphatic carbocycles. The normalized spacial score (nSPS) is 25.8. The molecule has 2 N–H and O–H groups in total. The number of ether oxygens (including phenoxy) is 2. The fourth-order valence-electron chi connectivity index (χ4n) is 11.8. The molecule has 3 aromatic rings. The van der Waals surface area contributed by atoms with E-state index in [1.54, 1.807) is 23.6 Å². The van der Waals surface area contributed by atoms with Crippen LogP contribution in [0.15, 0.2) is 118 Å². The number of benzene rings is 3. The number of carbonyl (C=O) groups excluding carboxylic acids is 4. The van der Waals surface area contributed by atoms with Gasteiger partial charge in [0.05, 0.1) is 11.1 Å². The number of carbonyl (C=O) groups is 4. The highest BCUT2D eigenvalue weighted by Crippen LogP contribution is 2.45. The number of cyclic esters (lactones) is 2. The smallest absolute Gasteiger partial charge is 0.347 e. The molecule has 4 heterocycles. The maximum atomic E-state index is 13.8. The van der Waals surface area contributed by atoms with Crippen LogP contribution in [0.4, 0.5) is 17.1 Å². The molecule has 0 radical (unpaired) electrons. The predicted octanol–water partition coefficient (Wildman–Crippen LogP) is 14.0. The molecule has 10 rings (SSSR count). The number of rotatable bonds is 9. The summed E-state index contributed by atoms with van der Waals surface area (Å²) in [7, 11) is 0. The summed E-state index contributed by atoms with van der Waals surface area (Å²) < 4.78 is 9.50. The van der Waals surface area contributed by atoms with E-state index >= 15 is 0 Å². The van der Waals surface area contributed by atoms with Gasteiger partial charge in [0, 0.05) is 28.5 Å². The Morgan fingerprint density at radius 2 is 0.838 bits per heavy atom. The summed E-state index contributed by atoms with van der Waals surface area (Å²) in [5, 5.41) is 0. The van der Waals surface area contributed by atoms with Crippen molar-refractivity contribution < 1.29 is 28.7 Å². The summed E-state index contributed by atoms with van der Waals surface area (Å²) in [5.41, 5.74) is 15.6. The second-order valence-electron chi connectivity index (χ2n) is 20.8. The number of hydrogen-bond acceptors (Lipinski definition) is 7. The maximum Gasteiger partial charge on any atom is 0.347 e. The van der Waals surface area contributed by atoms with Crippen LogP contribution in [0.1, 0.15) is 186 Å². The zero-order valence-electron chi connectivity index (χ0n) is 41.6. The van der Waals surface area contributed by atoms with Crippen molar-refractivity contribution >= 4 is 40.8 Å². The lowest BCUT2D eigenvalue weighted by molar-refractivity contribution is -0.134. The fourth-order valence-corrected chi connectivity index (χ4v) is 11.8. The molecule has 3 saturated carbocycles. The average Bonchev–Trinajstić information content (AvgIpc) is 4.01. The predicted molar refractivity (Wildman–Crippen MR) is 271 cm³/mol. The van der Waals surface area contributed by atoms with Gasteiger partial charge in [0.15, 0.2) is 0 Å². The quantitative estimate of drug-likeness (QED) is 0.129. The molecule has 3 aromatic carbocycles. The van der Waals surface area contributed by atoms with Crippen LogP contribution in [0.25, 0.3) is 0 Å². The lowest BCUT2D eigenvalue weighted by Gasteiger charge is -2.29. The number of nitrogens with zero attached hydrogens (tertiary/aromatic N) is 2. The van der Waals surface area contributed by atoms with Crippen molar-refractivity contribution in [2.24, 2.45) is 17.8 Å². The Labute approximate surface area is 404 Å². The van der Waals surface area contributed by atoms with E-state index < -0.39 is 11.9 Å². The summed E-state index contributed by atoms with van der Waals surface area (Å²) in [4.78, 5) is 53.2. The Balaban J connectivity index is 0.000000193. The van der Waals surface area contributed by atoms with Crippen LogP contribution in [0, 0.1) is 17.8 Å². The van der Waals surface area contributed by atoms with Crippen molar-refractivity contribution in [1.29, 1.82) is 0 Å². The minimum Gasteiger partial charge on any atom is -0.427 e. The molecule has 9 heteroatoms. The molecule has 0 bridgehead atoms. The van der Waals surface area contributed by atoms with E-state index in [9.17, 15) is 19.2 Å². The van der Waals surface area contributed by atoms with Gasteiger partial charge in [0.25, 0.3) is 11.8 Å². The number of anilines is 3.